The highest BCUT2D eigenvalue weighted by Gasteiger charge is 2.20. The molecule has 3 aromatic heterocycles. The van der Waals surface area contributed by atoms with Crippen molar-refractivity contribution in [2.45, 2.75) is 19.6 Å². The first-order chi connectivity index (χ1) is 17.3. The van der Waals surface area contributed by atoms with Gasteiger partial charge in [-0.3, -0.25) is 18.9 Å². The molecule has 184 valence electrons. The van der Waals surface area contributed by atoms with E-state index in [1.807, 2.05) is 25.1 Å². The topological polar surface area (TPSA) is 163 Å². The van der Waals surface area contributed by atoms with E-state index in [0.29, 0.717) is 16.7 Å². The number of aromatic hydroxyl groups is 1. The zero-order valence-corrected chi connectivity index (χ0v) is 19.5. The number of benzene rings is 2. The summed E-state index contributed by atoms with van der Waals surface area (Å²) in [7, 11) is 1.46. The predicted octanol–water partition coefficient (Wildman–Crippen LogP) is 2.77. The van der Waals surface area contributed by atoms with Gasteiger partial charge in [0.15, 0.2) is 16.9 Å². The molecule has 0 amide bonds. The normalized spacial score (nSPS) is 12.6. The molecule has 0 bridgehead atoms. The smallest absolute Gasteiger partial charge is 0.329 e. The maximum Gasteiger partial charge on any atom is 0.329 e. The number of ether oxygens (including phenoxy) is 1. The quantitative estimate of drug-likeness (QED) is 0.257. The number of azo groups is 1. The largest absolute Gasteiger partial charge is 0.493 e. The lowest BCUT2D eigenvalue weighted by molar-refractivity contribution is 0.0937. The Hall–Kier alpha value is -4.71. The van der Waals surface area contributed by atoms with Gasteiger partial charge in [-0.25, -0.2) is 4.79 Å². The number of para-hydroxylation sites is 1. The number of nitrogens with one attached hydrogen (secondary N) is 2. The van der Waals surface area contributed by atoms with Crippen LogP contribution in [0.2, 0.25) is 0 Å². The van der Waals surface area contributed by atoms with Gasteiger partial charge in [-0.2, -0.15) is 4.98 Å². The van der Waals surface area contributed by atoms with Gasteiger partial charge in [0, 0.05) is 12.4 Å². The third-order valence-corrected chi connectivity index (χ3v) is 5.74. The summed E-state index contributed by atoms with van der Waals surface area (Å²) in [5.74, 6) is 0.375. The van der Waals surface area contributed by atoms with E-state index in [2.05, 4.69) is 25.2 Å². The summed E-state index contributed by atoms with van der Waals surface area (Å²) < 4.78 is 8.20. The minimum Gasteiger partial charge on any atom is -0.493 e. The Morgan fingerprint density at radius 2 is 1.83 bits per heavy atom. The molecular formula is C24H23N7O5. The Kier molecular flexibility index (Phi) is 5.86. The number of imidazole rings is 1. The first-order valence-electron chi connectivity index (χ1n) is 11.1. The fourth-order valence-corrected chi connectivity index (χ4v) is 3.87. The van der Waals surface area contributed by atoms with Crippen LogP contribution in [-0.4, -0.2) is 47.0 Å². The summed E-state index contributed by atoms with van der Waals surface area (Å²) in [6.45, 7) is 1.78. The molecular weight excluding hydrogens is 466 g/mol. The number of nitrogens with zero attached hydrogens (tertiary/aromatic N) is 5. The number of aromatic amines is 2. The van der Waals surface area contributed by atoms with Crippen molar-refractivity contribution in [3.63, 3.8) is 0 Å². The second-order valence-corrected chi connectivity index (χ2v) is 8.36. The lowest BCUT2D eigenvalue weighted by Crippen LogP contribution is -2.30. The van der Waals surface area contributed by atoms with Gasteiger partial charge in [0.05, 0.1) is 12.1 Å². The van der Waals surface area contributed by atoms with Crippen molar-refractivity contribution < 1.29 is 14.9 Å². The number of aromatic nitrogens is 5. The monoisotopic (exact) mass is 489 g/mol. The molecule has 0 radical (unpaired) electrons. The summed E-state index contributed by atoms with van der Waals surface area (Å²) in [6, 6.07) is 14.5. The number of H-pyrrole nitrogens is 2. The highest BCUT2D eigenvalue weighted by Crippen LogP contribution is 2.36. The van der Waals surface area contributed by atoms with Crippen LogP contribution in [0.3, 0.4) is 0 Å². The Bertz CT molecular complexity index is 1710. The maximum absolute atomic E-state index is 12.7. The molecule has 2 aromatic carbocycles. The van der Waals surface area contributed by atoms with Gasteiger partial charge in [-0.15, -0.1) is 10.2 Å². The summed E-state index contributed by atoms with van der Waals surface area (Å²) in [4.78, 5) is 34.2. The summed E-state index contributed by atoms with van der Waals surface area (Å²) in [6.07, 6.45) is -1.05. The lowest BCUT2D eigenvalue weighted by Gasteiger charge is -2.14. The Morgan fingerprint density at radius 3 is 2.61 bits per heavy atom. The summed E-state index contributed by atoms with van der Waals surface area (Å²) in [5, 5.41) is 30.0. The van der Waals surface area contributed by atoms with Crippen LogP contribution in [0.25, 0.3) is 22.1 Å². The molecule has 4 N–H and O–H groups in total. The van der Waals surface area contributed by atoms with Crippen molar-refractivity contribution in [2.75, 3.05) is 6.61 Å². The Balaban J connectivity index is 1.52. The number of rotatable bonds is 7. The van der Waals surface area contributed by atoms with Crippen molar-refractivity contribution >= 4 is 33.7 Å². The van der Waals surface area contributed by atoms with E-state index in [4.69, 9.17) is 4.74 Å². The molecule has 0 aliphatic heterocycles. The highest BCUT2D eigenvalue weighted by molar-refractivity contribution is 5.94. The van der Waals surface area contributed by atoms with Crippen LogP contribution in [0.1, 0.15) is 5.56 Å². The molecule has 12 nitrogen and oxygen atoms in total. The fourth-order valence-electron chi connectivity index (χ4n) is 3.87. The maximum atomic E-state index is 12.7. The second-order valence-electron chi connectivity index (χ2n) is 8.36. The SMILES string of the molecule is Cc1ccc(OCC(O)Cn2c(N=Nc3c(O)[nH]c4ccccc34)nc3c2c(=O)[nH]c(=O)n3C)cc1. The van der Waals surface area contributed by atoms with E-state index in [-0.39, 0.29) is 41.8 Å². The van der Waals surface area contributed by atoms with Gasteiger partial charge < -0.3 is 19.9 Å². The number of aryl methyl sites for hydroxylation is 2. The van der Waals surface area contributed by atoms with Crippen LogP contribution in [-0.2, 0) is 13.6 Å². The van der Waals surface area contributed by atoms with E-state index >= 15 is 0 Å². The van der Waals surface area contributed by atoms with Gasteiger partial charge in [-0.05, 0) is 25.1 Å². The van der Waals surface area contributed by atoms with Gasteiger partial charge >= 0.3 is 5.69 Å². The number of aliphatic hydroxyl groups excluding tert-OH is 1. The third kappa shape index (κ3) is 4.25. The molecule has 3 heterocycles. The average Bonchev–Trinajstić information content (AvgIpc) is 3.38. The minimum atomic E-state index is -1.05. The van der Waals surface area contributed by atoms with Gasteiger partial charge in [0.25, 0.3) is 11.5 Å². The Morgan fingerprint density at radius 1 is 1.08 bits per heavy atom. The zero-order valence-electron chi connectivity index (χ0n) is 19.5. The molecule has 0 spiro atoms. The molecule has 0 aliphatic rings. The summed E-state index contributed by atoms with van der Waals surface area (Å²) in [5.41, 5.74) is 0.738. The van der Waals surface area contributed by atoms with Crippen LogP contribution in [0, 0.1) is 6.92 Å². The molecule has 0 fully saturated rings. The molecule has 0 saturated heterocycles. The number of hydrogen-bond donors (Lipinski definition) is 4. The Labute approximate surface area is 203 Å². The standard InChI is InChI=1S/C24H23N7O5/c1-13-7-9-15(10-8-13)36-12-14(32)11-31-19-20(30(2)24(35)27-22(19)34)26-23(31)29-28-18-16-5-3-4-6-17(16)25-21(18)33/h3-10,14,25,32-33H,11-12H2,1-2H3,(H,27,34,35). The van der Waals surface area contributed by atoms with Crippen molar-refractivity contribution in [3.8, 4) is 11.6 Å². The van der Waals surface area contributed by atoms with Crippen molar-refractivity contribution in [1.82, 2.24) is 24.1 Å². The van der Waals surface area contributed by atoms with E-state index in [0.717, 1.165) is 5.56 Å². The molecule has 1 unspecified atom stereocenters. The lowest BCUT2D eigenvalue weighted by atomic mass is 10.2. The molecule has 5 aromatic rings. The molecule has 0 aliphatic carbocycles. The molecule has 0 saturated carbocycles. The average molecular weight is 489 g/mol. The third-order valence-electron chi connectivity index (χ3n) is 5.74. The zero-order chi connectivity index (χ0) is 25.4. The van der Waals surface area contributed by atoms with Gasteiger partial charge in [0.1, 0.15) is 18.5 Å². The van der Waals surface area contributed by atoms with Crippen molar-refractivity contribution in [1.29, 1.82) is 0 Å². The number of hydrogen-bond acceptors (Lipinski definition) is 8. The van der Waals surface area contributed by atoms with E-state index in [1.54, 1.807) is 30.3 Å². The van der Waals surface area contributed by atoms with E-state index in [1.165, 1.54) is 16.2 Å². The molecule has 5 rings (SSSR count). The van der Waals surface area contributed by atoms with Crippen LogP contribution in [0.15, 0.2) is 68.3 Å². The van der Waals surface area contributed by atoms with Gasteiger partial charge in [-0.1, -0.05) is 35.9 Å². The molecule has 1 atom stereocenters. The first kappa shape index (κ1) is 23.1. The fraction of sp³-hybridized carbons (Fsp3) is 0.208. The van der Waals surface area contributed by atoms with Crippen molar-refractivity contribution in [3.05, 3.63) is 74.9 Å². The first-order valence-corrected chi connectivity index (χ1v) is 11.1. The van der Waals surface area contributed by atoms with Gasteiger partial charge in [0.2, 0.25) is 5.88 Å². The molecule has 12 heteroatoms. The van der Waals surface area contributed by atoms with Crippen LogP contribution >= 0.6 is 0 Å². The second kappa shape index (κ2) is 9.15. The van der Waals surface area contributed by atoms with Crippen LogP contribution in [0.5, 0.6) is 11.6 Å². The number of aliphatic hydroxyl groups is 1. The van der Waals surface area contributed by atoms with Crippen molar-refractivity contribution in [2.24, 2.45) is 17.3 Å². The van der Waals surface area contributed by atoms with E-state index < -0.39 is 17.4 Å². The van der Waals surface area contributed by atoms with Crippen LogP contribution < -0.4 is 16.0 Å². The van der Waals surface area contributed by atoms with Crippen LogP contribution in [0.4, 0.5) is 11.6 Å². The van der Waals surface area contributed by atoms with E-state index in [9.17, 15) is 19.8 Å². The summed E-state index contributed by atoms with van der Waals surface area (Å²) >= 11 is 0. The molecule has 36 heavy (non-hydrogen) atoms. The minimum absolute atomic E-state index is 0.0317. The predicted molar refractivity (Wildman–Crippen MR) is 132 cm³/mol. The number of fused-ring (bicyclic) bond motifs is 2. The highest BCUT2D eigenvalue weighted by atomic mass is 16.5.